The van der Waals surface area contributed by atoms with Gasteiger partial charge in [0.15, 0.2) is 5.78 Å². The minimum absolute atomic E-state index is 0.0556. The first kappa shape index (κ1) is 13.5. The van der Waals surface area contributed by atoms with Crippen LogP contribution in [0.25, 0.3) is 10.8 Å². The summed E-state index contributed by atoms with van der Waals surface area (Å²) in [5.41, 5.74) is 8.13. The van der Waals surface area contributed by atoms with Crippen LogP contribution in [0.1, 0.15) is 21.5 Å². The Labute approximate surface area is 124 Å². The summed E-state index contributed by atoms with van der Waals surface area (Å²) in [6, 6.07) is 21.6. The summed E-state index contributed by atoms with van der Waals surface area (Å²) < 4.78 is 0. The molecule has 0 saturated heterocycles. The number of nitrogens with two attached hydrogens (primary N) is 1. The third-order valence-electron chi connectivity index (χ3n) is 3.66. The fraction of sp³-hybridized carbons (Fsp3) is 0.105. The zero-order valence-corrected chi connectivity index (χ0v) is 11.8. The highest BCUT2D eigenvalue weighted by Gasteiger charge is 2.09. The maximum Gasteiger partial charge on any atom is 0.193 e. The molecule has 3 aromatic rings. The van der Waals surface area contributed by atoms with E-state index in [1.54, 1.807) is 0 Å². The molecule has 2 nitrogen and oxygen atoms in total. The van der Waals surface area contributed by atoms with E-state index >= 15 is 0 Å². The highest BCUT2D eigenvalue weighted by molar-refractivity contribution is 6.10. The first-order valence-corrected chi connectivity index (χ1v) is 7.10. The number of hydrogen-bond donors (Lipinski definition) is 1. The maximum absolute atomic E-state index is 12.5. The molecule has 0 aliphatic rings. The van der Waals surface area contributed by atoms with E-state index in [0.717, 1.165) is 28.3 Å². The molecule has 3 aromatic carbocycles. The highest BCUT2D eigenvalue weighted by Crippen LogP contribution is 2.18. The lowest BCUT2D eigenvalue weighted by atomic mass is 9.99. The summed E-state index contributed by atoms with van der Waals surface area (Å²) in [6.07, 6.45) is 0.838. The van der Waals surface area contributed by atoms with Crippen molar-refractivity contribution in [1.82, 2.24) is 0 Å². The summed E-state index contributed by atoms with van der Waals surface area (Å²) in [6.45, 7) is 0.623. The van der Waals surface area contributed by atoms with Crippen LogP contribution in [0.5, 0.6) is 0 Å². The van der Waals surface area contributed by atoms with Gasteiger partial charge in [-0.2, -0.15) is 0 Å². The molecule has 0 fully saturated rings. The van der Waals surface area contributed by atoms with Gasteiger partial charge in [-0.15, -0.1) is 0 Å². The molecule has 0 atom stereocenters. The van der Waals surface area contributed by atoms with Gasteiger partial charge in [0.05, 0.1) is 0 Å². The average Bonchev–Trinajstić information content (AvgIpc) is 2.55. The van der Waals surface area contributed by atoms with E-state index in [0.29, 0.717) is 12.1 Å². The largest absolute Gasteiger partial charge is 0.330 e. The summed E-state index contributed by atoms with van der Waals surface area (Å²) in [7, 11) is 0. The molecule has 2 heteroatoms. The van der Waals surface area contributed by atoms with Gasteiger partial charge in [-0.1, -0.05) is 60.7 Å². The monoisotopic (exact) mass is 275 g/mol. The Bertz CT molecular complexity index is 775. The lowest BCUT2D eigenvalue weighted by Gasteiger charge is -2.05. The van der Waals surface area contributed by atoms with Crippen LogP contribution in [0.4, 0.5) is 0 Å². The quantitative estimate of drug-likeness (QED) is 0.740. The second kappa shape index (κ2) is 5.90. The van der Waals surface area contributed by atoms with Crippen LogP contribution < -0.4 is 5.73 Å². The Balaban J connectivity index is 1.92. The van der Waals surface area contributed by atoms with Gasteiger partial charge in [0, 0.05) is 11.1 Å². The lowest BCUT2D eigenvalue weighted by molar-refractivity contribution is 0.103. The molecule has 0 unspecified atom stereocenters. The molecule has 0 amide bonds. The molecule has 0 radical (unpaired) electrons. The van der Waals surface area contributed by atoms with Gasteiger partial charge in [0.2, 0.25) is 0 Å². The fourth-order valence-electron chi connectivity index (χ4n) is 2.49. The van der Waals surface area contributed by atoms with Gasteiger partial charge in [0.1, 0.15) is 0 Å². The Kier molecular flexibility index (Phi) is 3.80. The van der Waals surface area contributed by atoms with Gasteiger partial charge >= 0.3 is 0 Å². The van der Waals surface area contributed by atoms with Crippen LogP contribution in [0.2, 0.25) is 0 Å². The van der Waals surface area contributed by atoms with Crippen LogP contribution >= 0.6 is 0 Å². The van der Waals surface area contributed by atoms with Crippen LogP contribution in [-0.2, 0) is 6.42 Å². The zero-order chi connectivity index (χ0) is 14.7. The second-order valence-electron chi connectivity index (χ2n) is 5.13. The van der Waals surface area contributed by atoms with Gasteiger partial charge in [-0.05, 0) is 35.4 Å². The van der Waals surface area contributed by atoms with Gasteiger partial charge in [-0.3, -0.25) is 4.79 Å². The third-order valence-corrected chi connectivity index (χ3v) is 3.66. The van der Waals surface area contributed by atoms with E-state index in [1.807, 2.05) is 66.7 Å². The molecule has 0 bridgehead atoms. The summed E-state index contributed by atoms with van der Waals surface area (Å²) in [5.74, 6) is 0.0556. The first-order valence-electron chi connectivity index (χ1n) is 7.10. The van der Waals surface area contributed by atoms with E-state index in [9.17, 15) is 4.79 Å². The fourth-order valence-corrected chi connectivity index (χ4v) is 2.49. The lowest BCUT2D eigenvalue weighted by Crippen LogP contribution is -2.04. The molecule has 21 heavy (non-hydrogen) atoms. The van der Waals surface area contributed by atoms with Crippen molar-refractivity contribution in [3.05, 3.63) is 83.4 Å². The minimum atomic E-state index is 0.0556. The number of carbonyl (C=O) groups excluding carboxylic acids is 1. The highest BCUT2D eigenvalue weighted by atomic mass is 16.1. The molecule has 3 rings (SSSR count). The van der Waals surface area contributed by atoms with Crippen molar-refractivity contribution in [3.63, 3.8) is 0 Å². The van der Waals surface area contributed by atoms with E-state index < -0.39 is 0 Å². The van der Waals surface area contributed by atoms with Crippen molar-refractivity contribution in [1.29, 1.82) is 0 Å². The number of hydrogen-bond acceptors (Lipinski definition) is 2. The predicted octanol–water partition coefficient (Wildman–Crippen LogP) is 3.57. The summed E-state index contributed by atoms with van der Waals surface area (Å²) in [5, 5.41) is 2.23. The Morgan fingerprint density at radius 3 is 2.19 bits per heavy atom. The van der Waals surface area contributed by atoms with Gasteiger partial charge < -0.3 is 5.73 Å². The topological polar surface area (TPSA) is 43.1 Å². The van der Waals surface area contributed by atoms with Crippen molar-refractivity contribution in [3.8, 4) is 0 Å². The van der Waals surface area contributed by atoms with E-state index in [-0.39, 0.29) is 5.78 Å². The van der Waals surface area contributed by atoms with Crippen molar-refractivity contribution >= 4 is 16.6 Å². The minimum Gasteiger partial charge on any atom is -0.330 e. The van der Waals surface area contributed by atoms with Crippen molar-refractivity contribution in [2.75, 3.05) is 6.54 Å². The van der Waals surface area contributed by atoms with E-state index in [1.165, 1.54) is 0 Å². The molecular formula is C19H17NO. The molecule has 0 aromatic heterocycles. The second-order valence-corrected chi connectivity index (χ2v) is 5.13. The maximum atomic E-state index is 12.5. The normalized spacial score (nSPS) is 10.7. The van der Waals surface area contributed by atoms with Crippen molar-refractivity contribution in [2.45, 2.75) is 6.42 Å². The van der Waals surface area contributed by atoms with E-state index in [4.69, 9.17) is 5.73 Å². The molecule has 2 N–H and O–H groups in total. The Morgan fingerprint density at radius 1 is 0.810 bits per heavy atom. The van der Waals surface area contributed by atoms with E-state index in [2.05, 4.69) is 0 Å². The number of fused-ring (bicyclic) bond motifs is 1. The number of benzene rings is 3. The van der Waals surface area contributed by atoms with Crippen LogP contribution in [-0.4, -0.2) is 12.3 Å². The Hall–Kier alpha value is -2.45. The third kappa shape index (κ3) is 2.86. The first-order chi connectivity index (χ1) is 10.3. The molecule has 0 saturated carbocycles. The van der Waals surface area contributed by atoms with Crippen molar-refractivity contribution in [2.24, 2.45) is 5.73 Å². The zero-order valence-electron chi connectivity index (χ0n) is 11.8. The number of carbonyl (C=O) groups is 1. The van der Waals surface area contributed by atoms with Crippen LogP contribution in [0.15, 0.2) is 66.7 Å². The Morgan fingerprint density at radius 2 is 1.48 bits per heavy atom. The standard InChI is InChI=1S/C19H17NO/c20-12-11-14-5-7-16(8-6-14)19(21)18-10-9-15-3-1-2-4-17(15)13-18/h1-10,13H,11-12,20H2. The molecule has 0 spiro atoms. The van der Waals surface area contributed by atoms with Crippen LogP contribution in [0, 0.1) is 0 Å². The predicted molar refractivity (Wildman–Crippen MR) is 86.6 cm³/mol. The van der Waals surface area contributed by atoms with Gasteiger partial charge in [0.25, 0.3) is 0 Å². The van der Waals surface area contributed by atoms with Crippen LogP contribution in [0.3, 0.4) is 0 Å². The SMILES string of the molecule is NCCc1ccc(C(=O)c2ccc3ccccc3c2)cc1. The average molecular weight is 275 g/mol. The summed E-state index contributed by atoms with van der Waals surface area (Å²) >= 11 is 0. The molecule has 0 heterocycles. The molecule has 104 valence electrons. The van der Waals surface area contributed by atoms with Crippen molar-refractivity contribution < 1.29 is 4.79 Å². The summed E-state index contributed by atoms with van der Waals surface area (Å²) in [4.78, 5) is 12.5. The smallest absolute Gasteiger partial charge is 0.193 e. The molecular weight excluding hydrogens is 258 g/mol. The molecule has 0 aliphatic carbocycles. The number of ketones is 1. The number of rotatable bonds is 4. The van der Waals surface area contributed by atoms with Gasteiger partial charge in [-0.25, -0.2) is 0 Å². The molecule has 0 aliphatic heterocycles.